The molecule has 2 rings (SSSR count). The molecule has 21 heavy (non-hydrogen) atoms. The van der Waals surface area contributed by atoms with E-state index in [1.54, 1.807) is 19.4 Å². The van der Waals surface area contributed by atoms with Gasteiger partial charge in [0, 0.05) is 12.5 Å². The highest BCUT2D eigenvalue weighted by atomic mass is 32.3. The van der Waals surface area contributed by atoms with Gasteiger partial charge in [-0.1, -0.05) is 37.3 Å². The summed E-state index contributed by atoms with van der Waals surface area (Å²) in [6.45, 7) is 1.80. The molecule has 2 aromatic carbocycles. The third kappa shape index (κ3) is 4.62. The third-order valence-corrected chi connectivity index (χ3v) is 6.38. The van der Waals surface area contributed by atoms with Gasteiger partial charge in [-0.05, 0) is 29.3 Å². The van der Waals surface area contributed by atoms with Gasteiger partial charge in [0.2, 0.25) is 0 Å². The second-order valence-electron chi connectivity index (χ2n) is 5.07. The smallest absolute Gasteiger partial charge is 0.286 e. The quantitative estimate of drug-likeness (QED) is 0.808. The second kappa shape index (κ2) is 6.25. The molecule has 0 atom stereocenters. The van der Waals surface area contributed by atoms with Crippen LogP contribution in [-0.4, -0.2) is 26.7 Å². The van der Waals surface area contributed by atoms with Crippen LogP contribution >= 0.6 is 10.6 Å². The van der Waals surface area contributed by atoms with E-state index >= 15 is 0 Å². The first kappa shape index (κ1) is 16.1. The zero-order valence-corrected chi connectivity index (χ0v) is 14.0. The molecule has 0 spiro atoms. The van der Waals surface area contributed by atoms with Crippen molar-refractivity contribution in [2.24, 2.45) is 0 Å². The Morgan fingerprint density at radius 1 is 1.00 bits per heavy atom. The van der Waals surface area contributed by atoms with E-state index in [1.165, 1.54) is 0 Å². The van der Waals surface area contributed by atoms with Gasteiger partial charge < -0.3 is 4.18 Å². The minimum absolute atomic E-state index is 0.00447. The zero-order chi connectivity index (χ0) is 15.5. The maximum Gasteiger partial charge on any atom is 0.286 e. The Labute approximate surface area is 127 Å². The fraction of sp³-hybridized carbons (Fsp3) is 0.333. The van der Waals surface area contributed by atoms with Gasteiger partial charge in [0.1, 0.15) is 0 Å². The molecule has 6 heteroatoms. The highest BCUT2D eigenvalue weighted by molar-refractivity contribution is 8.28. The van der Waals surface area contributed by atoms with Gasteiger partial charge in [0.15, 0.2) is 5.75 Å². The lowest BCUT2D eigenvalue weighted by Crippen LogP contribution is -2.16. The van der Waals surface area contributed by atoms with E-state index in [0.717, 1.165) is 10.8 Å². The van der Waals surface area contributed by atoms with Crippen LogP contribution in [0.25, 0.3) is 10.8 Å². The molecule has 0 aromatic heterocycles. The molecule has 2 aromatic rings. The predicted octanol–water partition coefficient (Wildman–Crippen LogP) is 3.87. The van der Waals surface area contributed by atoms with E-state index in [0.29, 0.717) is 12.2 Å². The highest BCUT2D eigenvalue weighted by Gasteiger charge is 2.20. The molecule has 0 aliphatic carbocycles. The summed E-state index contributed by atoms with van der Waals surface area (Å²) in [5, 5.41) is 2.15. The maximum absolute atomic E-state index is 11.8. The van der Waals surface area contributed by atoms with Crippen molar-refractivity contribution in [2.75, 3.05) is 18.3 Å². The minimum Gasteiger partial charge on any atom is -0.391 e. The van der Waals surface area contributed by atoms with Crippen molar-refractivity contribution in [2.45, 2.75) is 13.3 Å². The minimum atomic E-state index is -3.54. The van der Waals surface area contributed by atoms with Crippen molar-refractivity contribution in [3.05, 3.63) is 42.5 Å². The number of rotatable bonds is 6. The Kier molecular flexibility index (Phi) is 4.81. The van der Waals surface area contributed by atoms with Crippen molar-refractivity contribution in [3.8, 4) is 5.75 Å². The van der Waals surface area contributed by atoms with E-state index in [9.17, 15) is 8.42 Å². The van der Waals surface area contributed by atoms with Crippen molar-refractivity contribution in [1.82, 2.24) is 0 Å². The lowest BCUT2D eigenvalue weighted by Gasteiger charge is -2.34. The molecule has 0 saturated carbocycles. The van der Waals surface area contributed by atoms with Crippen molar-refractivity contribution in [3.63, 3.8) is 0 Å². The van der Waals surface area contributed by atoms with E-state index in [1.807, 2.05) is 42.5 Å². The number of hydrogen-bond donors (Lipinski definition) is 0. The first-order valence-corrected chi connectivity index (χ1v) is 10.5. The molecule has 0 amide bonds. The zero-order valence-electron chi connectivity index (χ0n) is 12.4. The molecule has 0 aliphatic heterocycles. The Morgan fingerprint density at radius 2 is 1.67 bits per heavy atom. The van der Waals surface area contributed by atoms with Crippen LogP contribution in [0, 0.1) is 0 Å². The van der Waals surface area contributed by atoms with Crippen LogP contribution in [0.5, 0.6) is 5.75 Å². The van der Waals surface area contributed by atoms with Gasteiger partial charge in [-0.3, -0.25) is 0 Å². The van der Waals surface area contributed by atoms with Crippen molar-refractivity contribution < 1.29 is 16.2 Å². The topological polar surface area (TPSA) is 52.6 Å². The number of benzene rings is 2. The van der Waals surface area contributed by atoms with Gasteiger partial charge in [-0.25, -0.2) is 0 Å². The van der Waals surface area contributed by atoms with Crippen molar-refractivity contribution >= 4 is 31.5 Å². The monoisotopic (exact) mass is 328 g/mol. The fourth-order valence-corrected chi connectivity index (χ4v) is 5.45. The Bertz CT molecular complexity index is 723. The number of fused-ring (bicyclic) bond motifs is 1. The Morgan fingerprint density at radius 3 is 2.33 bits per heavy atom. The molecule has 0 unspecified atom stereocenters. The summed E-state index contributed by atoms with van der Waals surface area (Å²) in [5.41, 5.74) is 0. The second-order valence-corrected chi connectivity index (χ2v) is 9.59. The maximum atomic E-state index is 11.8. The molecular formula is C15H20O4S2. The van der Waals surface area contributed by atoms with Gasteiger partial charge in [0.25, 0.3) is 10.1 Å². The van der Waals surface area contributed by atoms with Crippen LogP contribution < -0.4 is 4.18 Å². The Hall–Kier alpha value is -1.24. The van der Waals surface area contributed by atoms with E-state index in [2.05, 4.69) is 0 Å². The average Bonchev–Trinajstić information content (AvgIpc) is 2.36. The number of hydrogen-bond acceptors (Lipinski definition) is 4. The lowest BCUT2D eigenvalue weighted by molar-refractivity contribution is 0.473. The summed E-state index contributed by atoms with van der Waals surface area (Å²) >= 11 is 0. The molecular weight excluding hydrogens is 308 g/mol. The molecule has 4 nitrogen and oxygen atoms in total. The molecule has 116 valence electrons. The first-order valence-electron chi connectivity index (χ1n) is 6.67. The molecule has 0 aliphatic rings. The molecule has 0 fully saturated rings. The summed E-state index contributed by atoms with van der Waals surface area (Å²) < 4.78 is 34.5. The summed E-state index contributed by atoms with van der Waals surface area (Å²) in [6, 6.07) is 13.6. The standard InChI is InChI=1S/C15H20O4S2/c1-4-11-21(16,17)19-20(2,3)18-15-10-9-13-7-5-6-8-14(13)12-15/h5-10,12H,4,11H2,1-3H3. The summed E-state index contributed by atoms with van der Waals surface area (Å²) in [6.07, 6.45) is 3.87. The predicted molar refractivity (Wildman–Crippen MR) is 89.2 cm³/mol. The summed E-state index contributed by atoms with van der Waals surface area (Å²) in [7, 11) is -5.71. The van der Waals surface area contributed by atoms with Gasteiger partial charge in [-0.15, -0.1) is 10.6 Å². The van der Waals surface area contributed by atoms with Gasteiger partial charge in [-0.2, -0.15) is 12.0 Å². The van der Waals surface area contributed by atoms with Gasteiger partial charge in [0.05, 0.1) is 5.75 Å². The molecule has 0 N–H and O–H groups in total. The average molecular weight is 328 g/mol. The molecule has 0 radical (unpaired) electrons. The Balaban J connectivity index is 2.18. The van der Waals surface area contributed by atoms with Crippen LogP contribution in [0.4, 0.5) is 0 Å². The molecule has 0 saturated heterocycles. The van der Waals surface area contributed by atoms with Crippen LogP contribution in [0.2, 0.25) is 0 Å². The fourth-order valence-electron chi connectivity index (χ4n) is 2.00. The molecule has 0 heterocycles. The third-order valence-electron chi connectivity index (χ3n) is 2.74. The van der Waals surface area contributed by atoms with Crippen molar-refractivity contribution in [1.29, 1.82) is 0 Å². The van der Waals surface area contributed by atoms with E-state index < -0.39 is 20.7 Å². The van der Waals surface area contributed by atoms with Crippen LogP contribution in [0.1, 0.15) is 13.3 Å². The largest absolute Gasteiger partial charge is 0.391 e. The first-order chi connectivity index (χ1) is 9.81. The van der Waals surface area contributed by atoms with E-state index in [4.69, 9.17) is 7.81 Å². The normalized spacial score (nSPS) is 13.3. The SMILES string of the molecule is CCCS(=O)(=O)OS(C)(C)Oc1ccc2ccccc2c1. The van der Waals surface area contributed by atoms with Crippen LogP contribution in [-0.2, 0) is 13.7 Å². The van der Waals surface area contributed by atoms with Crippen LogP contribution in [0.3, 0.4) is 0 Å². The van der Waals surface area contributed by atoms with E-state index in [-0.39, 0.29) is 5.75 Å². The molecule has 0 bridgehead atoms. The summed E-state index contributed by atoms with van der Waals surface area (Å²) in [4.78, 5) is 0. The van der Waals surface area contributed by atoms with Gasteiger partial charge >= 0.3 is 0 Å². The lowest BCUT2D eigenvalue weighted by atomic mass is 10.1. The highest BCUT2D eigenvalue weighted by Crippen LogP contribution is 2.45. The summed E-state index contributed by atoms with van der Waals surface area (Å²) in [5.74, 6) is 0.616. The van der Waals surface area contributed by atoms with Crippen LogP contribution in [0.15, 0.2) is 42.5 Å².